The Morgan fingerprint density at radius 2 is 2.14 bits per heavy atom. The second-order valence-electron chi connectivity index (χ2n) is 4.65. The summed E-state index contributed by atoms with van der Waals surface area (Å²) in [6.07, 6.45) is 7.09. The van der Waals surface area contributed by atoms with Crippen LogP contribution in [0.2, 0.25) is 0 Å². The van der Waals surface area contributed by atoms with E-state index >= 15 is 0 Å². The highest BCUT2D eigenvalue weighted by atomic mass is 16.1. The van der Waals surface area contributed by atoms with E-state index in [0.29, 0.717) is 12.5 Å². The number of nitrogens with zero attached hydrogens (tertiary/aromatic N) is 1. The molecule has 1 rings (SSSR count). The van der Waals surface area contributed by atoms with E-state index in [4.69, 9.17) is 0 Å². The molecule has 14 heavy (non-hydrogen) atoms. The fourth-order valence-corrected chi connectivity index (χ4v) is 2.44. The van der Waals surface area contributed by atoms with Crippen LogP contribution in [-0.4, -0.2) is 30.3 Å². The zero-order valence-corrected chi connectivity index (χ0v) is 9.54. The van der Waals surface area contributed by atoms with Crippen LogP contribution in [0.25, 0.3) is 0 Å². The van der Waals surface area contributed by atoms with E-state index in [0.717, 1.165) is 18.7 Å². The molecule has 0 N–H and O–H groups in total. The van der Waals surface area contributed by atoms with Gasteiger partial charge in [-0.1, -0.05) is 26.7 Å². The maximum Gasteiger partial charge on any atom is 0.121 e. The Kier molecular flexibility index (Phi) is 5.16. The number of hydrogen-bond acceptors (Lipinski definition) is 2. The Morgan fingerprint density at radius 1 is 1.36 bits per heavy atom. The molecule has 1 saturated heterocycles. The molecule has 0 radical (unpaired) electrons. The summed E-state index contributed by atoms with van der Waals surface area (Å²) in [6, 6.07) is 0.706. The monoisotopic (exact) mass is 197 g/mol. The summed E-state index contributed by atoms with van der Waals surface area (Å²) in [5, 5.41) is 0. The van der Waals surface area contributed by atoms with Gasteiger partial charge in [-0.25, -0.2) is 0 Å². The summed E-state index contributed by atoms with van der Waals surface area (Å²) in [7, 11) is 0. The Morgan fingerprint density at radius 3 is 2.79 bits per heavy atom. The van der Waals surface area contributed by atoms with Crippen LogP contribution < -0.4 is 0 Å². The molecule has 1 atom stereocenters. The number of carbonyl (C=O) groups is 1. The molecule has 1 unspecified atom stereocenters. The molecule has 0 spiro atoms. The number of carbonyl (C=O) groups excluding carboxylic acids is 1. The van der Waals surface area contributed by atoms with E-state index in [1.165, 1.54) is 32.2 Å². The third kappa shape index (κ3) is 3.41. The van der Waals surface area contributed by atoms with Gasteiger partial charge in [0, 0.05) is 19.0 Å². The van der Waals surface area contributed by atoms with E-state index in [1.807, 2.05) is 0 Å². The average Bonchev–Trinajstić information content (AvgIpc) is 2.39. The molecule has 0 aromatic carbocycles. The zero-order valence-electron chi connectivity index (χ0n) is 9.54. The summed E-state index contributed by atoms with van der Waals surface area (Å²) in [4.78, 5) is 12.9. The first kappa shape index (κ1) is 11.7. The lowest BCUT2D eigenvalue weighted by Crippen LogP contribution is -2.39. The van der Waals surface area contributed by atoms with E-state index < -0.39 is 0 Å². The smallest absolute Gasteiger partial charge is 0.121 e. The lowest BCUT2D eigenvalue weighted by Gasteiger charge is -2.32. The van der Waals surface area contributed by atoms with Gasteiger partial charge in [-0.15, -0.1) is 0 Å². The number of aldehydes is 1. The molecule has 2 heteroatoms. The third-order valence-electron chi connectivity index (χ3n) is 3.22. The van der Waals surface area contributed by atoms with Gasteiger partial charge in [-0.2, -0.15) is 0 Å². The van der Waals surface area contributed by atoms with Gasteiger partial charge in [0.15, 0.2) is 0 Å². The Bertz CT molecular complexity index is 168. The molecular weight excluding hydrogens is 174 g/mol. The third-order valence-corrected chi connectivity index (χ3v) is 3.22. The van der Waals surface area contributed by atoms with Gasteiger partial charge in [0.25, 0.3) is 0 Å². The lowest BCUT2D eigenvalue weighted by atomic mass is 9.98. The van der Waals surface area contributed by atoms with E-state index in [1.54, 1.807) is 0 Å². The predicted octanol–water partition coefficient (Wildman–Crippen LogP) is 2.48. The van der Waals surface area contributed by atoms with Crippen molar-refractivity contribution in [3.05, 3.63) is 0 Å². The summed E-state index contributed by atoms with van der Waals surface area (Å²) in [5.74, 6) is 0.722. The minimum absolute atomic E-state index is 0.698. The van der Waals surface area contributed by atoms with Crippen molar-refractivity contribution in [3.63, 3.8) is 0 Å². The second kappa shape index (κ2) is 6.18. The topological polar surface area (TPSA) is 20.3 Å². The highest BCUT2D eigenvalue weighted by Crippen LogP contribution is 2.22. The lowest BCUT2D eigenvalue weighted by molar-refractivity contribution is -0.108. The highest BCUT2D eigenvalue weighted by Gasteiger charge is 2.22. The van der Waals surface area contributed by atoms with Crippen molar-refractivity contribution in [2.45, 2.75) is 52.0 Å². The van der Waals surface area contributed by atoms with Gasteiger partial charge >= 0.3 is 0 Å². The first-order valence-corrected chi connectivity index (χ1v) is 5.93. The first-order chi connectivity index (χ1) is 6.75. The van der Waals surface area contributed by atoms with Crippen LogP contribution in [0.3, 0.4) is 0 Å². The molecular formula is C12H23NO. The molecule has 0 bridgehead atoms. The Labute approximate surface area is 87.7 Å². The summed E-state index contributed by atoms with van der Waals surface area (Å²) >= 11 is 0. The van der Waals surface area contributed by atoms with Crippen molar-refractivity contribution < 1.29 is 4.79 Å². The van der Waals surface area contributed by atoms with Gasteiger partial charge in [0.1, 0.15) is 6.29 Å². The van der Waals surface area contributed by atoms with Gasteiger partial charge in [-0.3, -0.25) is 4.90 Å². The van der Waals surface area contributed by atoms with Crippen molar-refractivity contribution in [2.24, 2.45) is 5.92 Å². The highest BCUT2D eigenvalue weighted by molar-refractivity contribution is 5.49. The van der Waals surface area contributed by atoms with Gasteiger partial charge in [0.2, 0.25) is 0 Å². The molecule has 1 heterocycles. The molecule has 1 aliphatic rings. The van der Waals surface area contributed by atoms with E-state index in [2.05, 4.69) is 18.7 Å². The minimum atomic E-state index is 0.698. The number of rotatable bonds is 4. The minimum Gasteiger partial charge on any atom is -0.303 e. The van der Waals surface area contributed by atoms with Gasteiger partial charge in [0.05, 0.1) is 0 Å². The van der Waals surface area contributed by atoms with Crippen LogP contribution in [0.5, 0.6) is 0 Å². The zero-order chi connectivity index (χ0) is 10.4. The molecule has 0 aromatic heterocycles. The molecule has 2 nitrogen and oxygen atoms in total. The normalized spacial score (nSPS) is 24.9. The average molecular weight is 197 g/mol. The summed E-state index contributed by atoms with van der Waals surface area (Å²) in [6.45, 7) is 6.75. The fraction of sp³-hybridized carbons (Fsp3) is 0.917. The van der Waals surface area contributed by atoms with Crippen LogP contribution in [0.15, 0.2) is 0 Å². The van der Waals surface area contributed by atoms with Crippen LogP contribution in [0.4, 0.5) is 0 Å². The molecule has 1 aliphatic heterocycles. The molecule has 1 fully saturated rings. The molecule has 0 amide bonds. The van der Waals surface area contributed by atoms with Gasteiger partial charge in [-0.05, 0) is 25.3 Å². The maximum atomic E-state index is 10.4. The molecule has 0 aromatic rings. The molecule has 0 aliphatic carbocycles. The number of hydrogen-bond donors (Lipinski definition) is 0. The van der Waals surface area contributed by atoms with Crippen molar-refractivity contribution in [3.8, 4) is 0 Å². The SMILES string of the molecule is CC(C)C1CCCCCN1CCC=O. The second-order valence-corrected chi connectivity index (χ2v) is 4.65. The van der Waals surface area contributed by atoms with Crippen molar-refractivity contribution >= 4 is 6.29 Å². The van der Waals surface area contributed by atoms with Crippen molar-refractivity contribution in [1.29, 1.82) is 0 Å². The maximum absolute atomic E-state index is 10.4. The van der Waals surface area contributed by atoms with E-state index in [-0.39, 0.29) is 0 Å². The first-order valence-electron chi connectivity index (χ1n) is 5.93. The summed E-state index contributed by atoms with van der Waals surface area (Å²) in [5.41, 5.74) is 0. The van der Waals surface area contributed by atoms with Crippen LogP contribution in [0.1, 0.15) is 46.0 Å². The largest absolute Gasteiger partial charge is 0.303 e. The molecule has 0 saturated carbocycles. The van der Waals surface area contributed by atoms with Crippen molar-refractivity contribution in [1.82, 2.24) is 4.90 Å². The summed E-state index contributed by atoms with van der Waals surface area (Å²) < 4.78 is 0. The van der Waals surface area contributed by atoms with Crippen LogP contribution >= 0.6 is 0 Å². The van der Waals surface area contributed by atoms with Gasteiger partial charge < -0.3 is 4.79 Å². The fourth-order valence-electron chi connectivity index (χ4n) is 2.44. The Balaban J connectivity index is 2.49. The van der Waals surface area contributed by atoms with E-state index in [9.17, 15) is 4.79 Å². The predicted molar refractivity (Wildman–Crippen MR) is 59.3 cm³/mol. The van der Waals surface area contributed by atoms with Crippen molar-refractivity contribution in [2.75, 3.05) is 13.1 Å². The molecule has 82 valence electrons. The van der Waals surface area contributed by atoms with Crippen LogP contribution in [0, 0.1) is 5.92 Å². The quantitative estimate of drug-likeness (QED) is 0.645. The Hall–Kier alpha value is -0.370. The number of likely N-dealkylation sites (tertiary alicyclic amines) is 1. The van der Waals surface area contributed by atoms with Crippen LogP contribution in [-0.2, 0) is 4.79 Å². The standard InChI is InChI=1S/C12H23NO/c1-11(2)12-7-4-3-5-8-13(12)9-6-10-14/h10-12H,3-9H2,1-2H3.